The van der Waals surface area contributed by atoms with Crippen molar-refractivity contribution in [2.75, 3.05) is 18.0 Å². The number of aromatic carboxylic acids is 1. The number of hydrogen-bond acceptors (Lipinski definition) is 5. The highest BCUT2D eigenvalue weighted by Crippen LogP contribution is 2.30. The van der Waals surface area contributed by atoms with Crippen LogP contribution in [0.15, 0.2) is 24.3 Å². The van der Waals surface area contributed by atoms with Crippen LogP contribution in [-0.4, -0.2) is 35.1 Å². The van der Waals surface area contributed by atoms with Crippen LogP contribution in [0.3, 0.4) is 0 Å². The molecule has 6 heteroatoms. The first-order valence-corrected chi connectivity index (χ1v) is 7.56. The number of fused-ring (bicyclic) bond motifs is 1. The van der Waals surface area contributed by atoms with Gasteiger partial charge >= 0.3 is 5.97 Å². The molecule has 0 aliphatic carbocycles. The lowest BCUT2D eigenvalue weighted by atomic mass is 9.96. The third-order valence-electron chi connectivity index (χ3n) is 4.33. The molecule has 1 aromatic carbocycles. The zero-order chi connectivity index (χ0) is 16.6. The van der Waals surface area contributed by atoms with Gasteiger partial charge in [0.05, 0.1) is 11.1 Å². The van der Waals surface area contributed by atoms with Crippen LogP contribution in [0.4, 0.5) is 5.69 Å². The molecule has 0 saturated carbocycles. The van der Waals surface area contributed by atoms with Crippen molar-refractivity contribution in [2.24, 2.45) is 5.92 Å². The van der Waals surface area contributed by atoms with Crippen molar-refractivity contribution in [1.82, 2.24) is 4.98 Å². The average Bonchev–Trinajstić information content (AvgIpc) is 2.53. The van der Waals surface area contributed by atoms with Crippen LogP contribution >= 0.6 is 0 Å². The number of carbonyl (C=O) groups excluding carboxylic acids is 1. The number of carboxylic acid groups (broad SMARTS) is 2. The van der Waals surface area contributed by atoms with Gasteiger partial charge in [0.1, 0.15) is 0 Å². The van der Waals surface area contributed by atoms with Crippen LogP contribution in [0.25, 0.3) is 10.9 Å². The molecule has 2 aromatic rings. The highest BCUT2D eigenvalue weighted by molar-refractivity contribution is 5.98. The van der Waals surface area contributed by atoms with Crippen molar-refractivity contribution in [3.05, 3.63) is 35.5 Å². The second-order valence-electron chi connectivity index (χ2n) is 5.90. The van der Waals surface area contributed by atoms with Gasteiger partial charge in [-0.3, -0.25) is 4.98 Å². The molecule has 2 heterocycles. The summed E-state index contributed by atoms with van der Waals surface area (Å²) in [6.07, 6.45) is 1.11. The number of aliphatic carboxylic acids is 1. The van der Waals surface area contributed by atoms with Gasteiger partial charge in [-0.25, -0.2) is 4.79 Å². The van der Waals surface area contributed by atoms with Gasteiger partial charge in [-0.2, -0.15) is 0 Å². The normalized spacial score (nSPS) is 15.8. The Labute approximate surface area is 133 Å². The molecule has 3 rings (SSSR count). The first-order chi connectivity index (χ1) is 11.0. The monoisotopic (exact) mass is 313 g/mol. The third-order valence-corrected chi connectivity index (χ3v) is 4.33. The van der Waals surface area contributed by atoms with Gasteiger partial charge < -0.3 is 19.9 Å². The maximum atomic E-state index is 11.1. The molecule has 23 heavy (non-hydrogen) atoms. The van der Waals surface area contributed by atoms with Crippen molar-refractivity contribution in [3.8, 4) is 0 Å². The van der Waals surface area contributed by atoms with E-state index in [1.807, 2.05) is 13.0 Å². The van der Waals surface area contributed by atoms with Crippen molar-refractivity contribution in [2.45, 2.75) is 19.8 Å². The molecule has 0 unspecified atom stereocenters. The molecule has 0 radical (unpaired) electrons. The second-order valence-corrected chi connectivity index (χ2v) is 5.90. The summed E-state index contributed by atoms with van der Waals surface area (Å²) in [5.41, 5.74) is 2.62. The number of anilines is 1. The summed E-state index contributed by atoms with van der Waals surface area (Å²) < 4.78 is 0. The van der Waals surface area contributed by atoms with Gasteiger partial charge in [-0.1, -0.05) is 0 Å². The topological polar surface area (TPSA) is 93.6 Å². The Morgan fingerprint density at radius 1 is 1.26 bits per heavy atom. The number of benzene rings is 1. The lowest BCUT2D eigenvalue weighted by Gasteiger charge is -2.34. The lowest BCUT2D eigenvalue weighted by molar-refractivity contribution is -0.312. The Morgan fingerprint density at radius 2 is 1.96 bits per heavy atom. The highest BCUT2D eigenvalue weighted by atomic mass is 16.4. The summed E-state index contributed by atoms with van der Waals surface area (Å²) in [5, 5.41) is 21.0. The molecule has 1 aromatic heterocycles. The van der Waals surface area contributed by atoms with E-state index in [2.05, 4.69) is 9.88 Å². The molecule has 0 bridgehead atoms. The van der Waals surface area contributed by atoms with Crippen LogP contribution in [0.1, 0.15) is 28.9 Å². The van der Waals surface area contributed by atoms with E-state index in [-0.39, 0.29) is 11.5 Å². The molecule has 0 atom stereocenters. The molecular weight excluding hydrogens is 296 g/mol. The van der Waals surface area contributed by atoms with Crippen LogP contribution in [0.5, 0.6) is 0 Å². The number of aromatic nitrogens is 1. The fourth-order valence-electron chi connectivity index (χ4n) is 3.09. The Balaban J connectivity index is 1.98. The molecular formula is C17H17N2O4-. The van der Waals surface area contributed by atoms with Crippen molar-refractivity contribution < 1.29 is 19.8 Å². The minimum Gasteiger partial charge on any atom is -0.550 e. The van der Waals surface area contributed by atoms with E-state index in [1.54, 1.807) is 18.2 Å². The van der Waals surface area contributed by atoms with Gasteiger partial charge in [0.2, 0.25) is 0 Å². The van der Waals surface area contributed by atoms with E-state index in [9.17, 15) is 14.7 Å². The van der Waals surface area contributed by atoms with E-state index < -0.39 is 11.9 Å². The molecule has 0 amide bonds. The number of hydrogen-bond donors (Lipinski definition) is 1. The Kier molecular flexibility index (Phi) is 3.90. The number of carboxylic acids is 2. The smallest absolute Gasteiger partial charge is 0.335 e. The molecule has 1 fully saturated rings. The summed E-state index contributed by atoms with van der Waals surface area (Å²) in [5.74, 6) is -2.35. The predicted octanol–water partition coefficient (Wildman–Crippen LogP) is 1.21. The van der Waals surface area contributed by atoms with Crippen LogP contribution in [-0.2, 0) is 4.79 Å². The SMILES string of the molecule is Cc1cc(N2CCC(C(=O)[O-])CC2)c2ccc(C(=O)O)cc2n1. The molecule has 1 saturated heterocycles. The summed E-state index contributed by atoms with van der Waals surface area (Å²) in [4.78, 5) is 28.6. The average molecular weight is 313 g/mol. The number of rotatable bonds is 3. The van der Waals surface area contributed by atoms with E-state index in [0.717, 1.165) is 16.8 Å². The van der Waals surface area contributed by atoms with Crippen molar-refractivity contribution >= 4 is 28.5 Å². The van der Waals surface area contributed by atoms with Crippen LogP contribution in [0.2, 0.25) is 0 Å². The highest BCUT2D eigenvalue weighted by Gasteiger charge is 2.22. The minimum atomic E-state index is -0.980. The van der Waals surface area contributed by atoms with Gasteiger partial charge in [-0.05, 0) is 44.0 Å². The van der Waals surface area contributed by atoms with Crippen LogP contribution in [0, 0.1) is 12.8 Å². The van der Waals surface area contributed by atoms with E-state index in [4.69, 9.17) is 5.11 Å². The first kappa shape index (κ1) is 15.3. The lowest BCUT2D eigenvalue weighted by Crippen LogP contribution is -2.41. The molecule has 1 N–H and O–H groups in total. The maximum absolute atomic E-state index is 11.1. The fourth-order valence-corrected chi connectivity index (χ4v) is 3.09. The van der Waals surface area contributed by atoms with Gasteiger partial charge in [-0.15, -0.1) is 0 Å². The third kappa shape index (κ3) is 2.97. The summed E-state index contributed by atoms with van der Waals surface area (Å²) >= 11 is 0. The number of piperidine rings is 1. The molecule has 6 nitrogen and oxygen atoms in total. The van der Waals surface area contributed by atoms with Crippen molar-refractivity contribution in [3.63, 3.8) is 0 Å². The second kappa shape index (κ2) is 5.87. The van der Waals surface area contributed by atoms with E-state index >= 15 is 0 Å². The van der Waals surface area contributed by atoms with Gasteiger partial charge in [0, 0.05) is 41.7 Å². The fraction of sp³-hybridized carbons (Fsp3) is 0.353. The Hall–Kier alpha value is -2.63. The van der Waals surface area contributed by atoms with E-state index in [1.165, 1.54) is 0 Å². The maximum Gasteiger partial charge on any atom is 0.335 e. The number of carbonyl (C=O) groups is 2. The zero-order valence-electron chi connectivity index (χ0n) is 12.8. The standard InChI is InChI=1S/C17H18N2O4/c1-10-8-15(19-6-4-11(5-7-19)16(20)21)13-3-2-12(17(22)23)9-14(13)18-10/h2-3,8-9,11H,4-7H2,1H3,(H,20,21)(H,22,23)/p-1. The minimum absolute atomic E-state index is 0.206. The first-order valence-electron chi connectivity index (χ1n) is 7.56. The molecule has 120 valence electrons. The summed E-state index contributed by atoms with van der Waals surface area (Å²) in [6.45, 7) is 3.14. The summed E-state index contributed by atoms with van der Waals surface area (Å²) in [6, 6.07) is 6.87. The quantitative estimate of drug-likeness (QED) is 0.915. The van der Waals surface area contributed by atoms with E-state index in [0.29, 0.717) is 31.4 Å². The Bertz CT molecular complexity index is 780. The molecule has 0 spiro atoms. The summed E-state index contributed by atoms with van der Waals surface area (Å²) in [7, 11) is 0. The predicted molar refractivity (Wildman–Crippen MR) is 83.4 cm³/mol. The van der Waals surface area contributed by atoms with Gasteiger partial charge in [0.25, 0.3) is 0 Å². The van der Waals surface area contributed by atoms with Crippen LogP contribution < -0.4 is 10.0 Å². The largest absolute Gasteiger partial charge is 0.550 e. The number of aryl methyl sites for hydroxylation is 1. The Morgan fingerprint density at radius 3 is 2.57 bits per heavy atom. The number of pyridine rings is 1. The molecule has 1 aliphatic heterocycles. The van der Waals surface area contributed by atoms with Crippen molar-refractivity contribution in [1.29, 1.82) is 0 Å². The zero-order valence-corrected chi connectivity index (χ0v) is 12.8. The molecule has 1 aliphatic rings. The number of nitrogens with zero attached hydrogens (tertiary/aromatic N) is 2. The van der Waals surface area contributed by atoms with Gasteiger partial charge in [0.15, 0.2) is 0 Å².